The van der Waals surface area contributed by atoms with Crippen LogP contribution in [0.3, 0.4) is 0 Å². The Bertz CT molecular complexity index is 721. The van der Waals surface area contributed by atoms with Crippen LogP contribution in [0.15, 0.2) is 27.7 Å². The summed E-state index contributed by atoms with van der Waals surface area (Å²) in [6.45, 7) is 0.489. The van der Waals surface area contributed by atoms with Crippen molar-refractivity contribution >= 4 is 22.0 Å². The van der Waals surface area contributed by atoms with E-state index in [1.807, 2.05) is 12.1 Å². The molecule has 1 aromatic carbocycles. The average molecular weight is 407 g/mol. The zero-order valence-corrected chi connectivity index (χ0v) is 15.7. The molecule has 2 unspecified atom stereocenters. The van der Waals surface area contributed by atoms with Crippen LogP contribution in [-0.4, -0.2) is 30.9 Å². The molecular formula is C19H23BrN2O3. The molecule has 1 aromatic rings. The summed E-state index contributed by atoms with van der Waals surface area (Å²) in [5.41, 5.74) is 6.57. The van der Waals surface area contributed by atoms with Crippen LogP contribution in [-0.2, 0) is 15.0 Å². The maximum absolute atomic E-state index is 6.36. The van der Waals surface area contributed by atoms with E-state index in [1.54, 1.807) is 0 Å². The smallest absolute Gasteiger partial charge is 0.283 e. The van der Waals surface area contributed by atoms with Crippen molar-refractivity contribution in [3.05, 3.63) is 28.2 Å². The van der Waals surface area contributed by atoms with Gasteiger partial charge in [0.05, 0.1) is 12.2 Å². The van der Waals surface area contributed by atoms with Gasteiger partial charge in [0.2, 0.25) is 0 Å². The first-order valence-corrected chi connectivity index (χ1v) is 10.0. The monoisotopic (exact) mass is 406 g/mol. The van der Waals surface area contributed by atoms with Gasteiger partial charge in [-0.2, -0.15) is 0 Å². The molecule has 4 aliphatic rings. The van der Waals surface area contributed by atoms with Gasteiger partial charge >= 0.3 is 0 Å². The maximum atomic E-state index is 6.36. The van der Waals surface area contributed by atoms with E-state index < -0.39 is 5.54 Å². The number of ether oxygens (including phenoxy) is 3. The Kier molecular flexibility index (Phi) is 3.75. The third-order valence-corrected chi connectivity index (χ3v) is 6.72. The Morgan fingerprint density at radius 2 is 2.08 bits per heavy atom. The zero-order chi connectivity index (χ0) is 17.0. The van der Waals surface area contributed by atoms with Crippen molar-refractivity contribution in [3.63, 3.8) is 0 Å². The lowest BCUT2D eigenvalue weighted by Gasteiger charge is -2.48. The second kappa shape index (κ2) is 5.88. The molecule has 0 bridgehead atoms. The number of amidine groups is 1. The van der Waals surface area contributed by atoms with Crippen molar-refractivity contribution in [2.45, 2.75) is 62.4 Å². The van der Waals surface area contributed by atoms with Gasteiger partial charge in [0.15, 0.2) is 0 Å². The average Bonchev–Trinajstić information content (AvgIpc) is 2.95. The van der Waals surface area contributed by atoms with Crippen molar-refractivity contribution in [2.75, 3.05) is 6.61 Å². The number of aliphatic imine (C=N–C) groups is 1. The summed E-state index contributed by atoms with van der Waals surface area (Å²) < 4.78 is 19.4. The molecule has 2 aliphatic carbocycles. The number of benzene rings is 1. The van der Waals surface area contributed by atoms with Crippen molar-refractivity contribution in [2.24, 2.45) is 16.6 Å². The van der Waals surface area contributed by atoms with Crippen molar-refractivity contribution < 1.29 is 14.2 Å². The molecule has 25 heavy (non-hydrogen) atoms. The lowest BCUT2D eigenvalue weighted by atomic mass is 9.67. The van der Waals surface area contributed by atoms with Crippen molar-refractivity contribution in [3.8, 4) is 5.75 Å². The van der Waals surface area contributed by atoms with Crippen LogP contribution in [0.1, 0.15) is 44.1 Å². The standard InChI is InChI=1S/C19H23BrN2O3/c20-11-4-6-16-14(8-11)19(10-23-18(21)22-19)15-9-13(5-7-17(15)25-16)24-12-2-1-3-12/h4,6,8,12-13,15,17H,1-3,5,7,9-10H2,(H2,21,22)/t13?,15-,17-,19?/m0/s1. The molecule has 0 amide bonds. The van der Waals surface area contributed by atoms with Crippen LogP contribution in [0.2, 0.25) is 0 Å². The van der Waals surface area contributed by atoms with E-state index in [-0.39, 0.29) is 24.1 Å². The first kappa shape index (κ1) is 15.9. The minimum atomic E-state index is -0.451. The van der Waals surface area contributed by atoms with Gasteiger partial charge in [0.1, 0.15) is 24.0 Å². The van der Waals surface area contributed by atoms with Crippen LogP contribution < -0.4 is 10.5 Å². The Hall–Kier alpha value is -1.27. The number of rotatable bonds is 2. The molecule has 2 N–H and O–H groups in total. The van der Waals surface area contributed by atoms with E-state index in [0.717, 1.165) is 35.0 Å². The van der Waals surface area contributed by atoms with E-state index in [2.05, 4.69) is 22.0 Å². The quantitative estimate of drug-likeness (QED) is 0.815. The zero-order valence-electron chi connectivity index (χ0n) is 14.1. The molecule has 0 aromatic heterocycles. The van der Waals surface area contributed by atoms with Gasteiger partial charge in [-0.1, -0.05) is 15.9 Å². The predicted molar refractivity (Wildman–Crippen MR) is 97.7 cm³/mol. The summed E-state index contributed by atoms with van der Waals surface area (Å²) in [6.07, 6.45) is 7.60. The number of hydrogen-bond acceptors (Lipinski definition) is 5. The van der Waals surface area contributed by atoms with Crippen molar-refractivity contribution in [1.82, 2.24) is 0 Å². The fraction of sp³-hybridized carbons (Fsp3) is 0.632. The molecule has 2 heterocycles. The second-order valence-electron chi connectivity index (χ2n) is 7.69. The first-order valence-electron chi connectivity index (χ1n) is 9.24. The van der Waals surface area contributed by atoms with E-state index >= 15 is 0 Å². The molecular weight excluding hydrogens is 384 g/mol. The Morgan fingerprint density at radius 3 is 2.80 bits per heavy atom. The molecule has 1 spiro atoms. The minimum Gasteiger partial charge on any atom is -0.490 e. The molecule has 0 radical (unpaired) electrons. The molecule has 4 atom stereocenters. The minimum absolute atomic E-state index is 0.146. The lowest BCUT2D eigenvalue weighted by Crippen LogP contribution is -2.52. The van der Waals surface area contributed by atoms with Gasteiger partial charge in [-0.3, -0.25) is 0 Å². The van der Waals surface area contributed by atoms with Gasteiger partial charge in [0.25, 0.3) is 6.02 Å². The Morgan fingerprint density at radius 1 is 1.20 bits per heavy atom. The van der Waals surface area contributed by atoms with Gasteiger partial charge < -0.3 is 19.9 Å². The van der Waals surface area contributed by atoms with Crippen LogP contribution >= 0.6 is 15.9 Å². The summed E-state index contributed by atoms with van der Waals surface area (Å²) >= 11 is 3.58. The number of nitrogens with two attached hydrogens (primary N) is 1. The second-order valence-corrected chi connectivity index (χ2v) is 8.61. The van der Waals surface area contributed by atoms with Crippen LogP contribution in [0, 0.1) is 5.92 Å². The molecule has 6 heteroatoms. The SMILES string of the molecule is NC1=NC2(CO1)c1cc(Br)ccc1O[C@H]1CCC(OC3CCC3)C[C@@H]12. The van der Waals surface area contributed by atoms with E-state index in [0.29, 0.717) is 12.7 Å². The number of hydrogen-bond donors (Lipinski definition) is 1. The molecule has 2 saturated carbocycles. The topological polar surface area (TPSA) is 66.1 Å². The maximum Gasteiger partial charge on any atom is 0.283 e. The third-order valence-electron chi connectivity index (χ3n) is 6.23. The summed E-state index contributed by atoms with van der Waals surface area (Å²) in [7, 11) is 0. The molecule has 0 saturated heterocycles. The third kappa shape index (κ3) is 2.56. The van der Waals surface area contributed by atoms with Crippen molar-refractivity contribution in [1.29, 1.82) is 0 Å². The molecule has 5 nitrogen and oxygen atoms in total. The van der Waals surface area contributed by atoms with Crippen LogP contribution in [0.4, 0.5) is 0 Å². The summed E-state index contributed by atoms with van der Waals surface area (Å²) in [5, 5.41) is 0. The highest BCUT2D eigenvalue weighted by atomic mass is 79.9. The summed E-state index contributed by atoms with van der Waals surface area (Å²) in [6, 6.07) is 6.43. The number of halogens is 1. The molecule has 2 fully saturated rings. The number of fused-ring (bicyclic) bond motifs is 4. The summed E-state index contributed by atoms with van der Waals surface area (Å²) in [4.78, 5) is 4.81. The number of nitrogens with zero attached hydrogens (tertiary/aromatic N) is 1. The van der Waals surface area contributed by atoms with E-state index in [9.17, 15) is 0 Å². The van der Waals surface area contributed by atoms with E-state index in [1.165, 1.54) is 19.3 Å². The lowest BCUT2D eigenvalue weighted by molar-refractivity contribution is -0.106. The summed E-state index contributed by atoms with van der Waals surface area (Å²) in [5.74, 6) is 1.14. The highest BCUT2D eigenvalue weighted by Gasteiger charge is 2.55. The Balaban J connectivity index is 1.51. The highest BCUT2D eigenvalue weighted by Crippen LogP contribution is 2.53. The normalized spacial score (nSPS) is 36.7. The largest absolute Gasteiger partial charge is 0.490 e. The van der Waals surface area contributed by atoms with Gasteiger partial charge in [-0.05, 0) is 56.7 Å². The van der Waals surface area contributed by atoms with E-state index in [4.69, 9.17) is 24.9 Å². The van der Waals surface area contributed by atoms with Gasteiger partial charge in [-0.25, -0.2) is 4.99 Å². The Labute approximate surface area is 156 Å². The fourth-order valence-electron chi connectivity index (χ4n) is 4.73. The molecule has 134 valence electrons. The fourth-order valence-corrected chi connectivity index (χ4v) is 5.09. The van der Waals surface area contributed by atoms with Gasteiger partial charge in [-0.15, -0.1) is 0 Å². The molecule has 2 aliphatic heterocycles. The molecule has 5 rings (SSSR count). The highest BCUT2D eigenvalue weighted by molar-refractivity contribution is 9.10. The van der Waals surface area contributed by atoms with Crippen LogP contribution in [0.25, 0.3) is 0 Å². The van der Waals surface area contributed by atoms with Gasteiger partial charge in [0, 0.05) is 16.0 Å². The predicted octanol–water partition coefficient (Wildman–Crippen LogP) is 3.49. The first-order chi connectivity index (χ1) is 12.1. The van der Waals surface area contributed by atoms with Crippen LogP contribution in [0.5, 0.6) is 5.75 Å².